The number of hydrogen-bond donors (Lipinski definition) is 0. The second-order valence-corrected chi connectivity index (χ2v) is 4.32. The van der Waals surface area contributed by atoms with E-state index < -0.39 is 0 Å². The molecule has 0 N–H and O–H groups in total. The number of benzene rings is 2. The Balaban J connectivity index is 0.000000200. The molecule has 0 aromatic heterocycles. The Kier molecular flexibility index (Phi) is 7.01. The van der Waals surface area contributed by atoms with Crippen LogP contribution in [0, 0.1) is 0 Å². The minimum absolute atomic E-state index is 0.256. The van der Waals surface area contributed by atoms with Crippen molar-refractivity contribution in [1.29, 1.82) is 0 Å². The van der Waals surface area contributed by atoms with Crippen LogP contribution in [-0.4, -0.2) is 12.6 Å². The van der Waals surface area contributed by atoms with Gasteiger partial charge in [0.15, 0.2) is 0 Å². The van der Waals surface area contributed by atoms with Crippen molar-refractivity contribution in [2.75, 3.05) is 6.61 Å². The van der Waals surface area contributed by atoms with Gasteiger partial charge < -0.3 is 4.74 Å². The number of hydrogen-bond acceptors (Lipinski definition) is 2. The molecule has 0 unspecified atom stereocenters. The van der Waals surface area contributed by atoms with Crippen LogP contribution in [-0.2, 0) is 4.74 Å². The van der Waals surface area contributed by atoms with Crippen molar-refractivity contribution in [3.8, 4) is 0 Å². The fraction of sp³-hybridized carbons (Fsp3) is 0.133. The first-order valence-corrected chi connectivity index (χ1v) is 6.53. The second-order valence-electron chi connectivity index (χ2n) is 3.50. The van der Waals surface area contributed by atoms with Crippen molar-refractivity contribution in [2.45, 2.75) is 6.92 Å². The van der Waals surface area contributed by atoms with E-state index >= 15 is 0 Å². The summed E-state index contributed by atoms with van der Waals surface area (Å²) in [6.45, 7) is 2.22. The minimum atomic E-state index is -0.256. The SMILES string of the molecule is CCOC(=O)c1ccccc1.Clc1ccccc1Cl. The largest absolute Gasteiger partial charge is 0.462 e. The van der Waals surface area contributed by atoms with Gasteiger partial charge in [-0.15, -0.1) is 0 Å². The smallest absolute Gasteiger partial charge is 0.338 e. The minimum Gasteiger partial charge on any atom is -0.462 e. The molecule has 2 aromatic carbocycles. The second kappa shape index (κ2) is 8.57. The highest BCUT2D eigenvalue weighted by atomic mass is 35.5. The van der Waals surface area contributed by atoms with E-state index in [-0.39, 0.29) is 5.97 Å². The molecule has 0 fully saturated rings. The highest BCUT2D eigenvalue weighted by Gasteiger charge is 2.02. The van der Waals surface area contributed by atoms with Crippen molar-refractivity contribution >= 4 is 29.2 Å². The predicted molar refractivity (Wildman–Crippen MR) is 78.9 cm³/mol. The predicted octanol–water partition coefficient (Wildman–Crippen LogP) is 4.86. The van der Waals surface area contributed by atoms with Gasteiger partial charge in [-0.3, -0.25) is 0 Å². The third-order valence-corrected chi connectivity index (χ3v) is 2.87. The van der Waals surface area contributed by atoms with Crippen molar-refractivity contribution < 1.29 is 9.53 Å². The van der Waals surface area contributed by atoms with Gasteiger partial charge in [0.25, 0.3) is 0 Å². The van der Waals surface area contributed by atoms with E-state index in [9.17, 15) is 4.79 Å². The molecule has 0 saturated heterocycles. The van der Waals surface area contributed by atoms with Crippen LogP contribution in [0.1, 0.15) is 17.3 Å². The maximum absolute atomic E-state index is 11.0. The quantitative estimate of drug-likeness (QED) is 0.740. The molecule has 0 heterocycles. The van der Waals surface area contributed by atoms with E-state index in [1.165, 1.54) is 0 Å². The van der Waals surface area contributed by atoms with E-state index in [1.807, 2.05) is 30.3 Å². The van der Waals surface area contributed by atoms with Gasteiger partial charge in [0.05, 0.1) is 22.2 Å². The van der Waals surface area contributed by atoms with Crippen LogP contribution in [0.5, 0.6) is 0 Å². The Bertz CT molecular complexity index is 492. The van der Waals surface area contributed by atoms with Gasteiger partial charge in [-0.05, 0) is 31.2 Å². The molecule has 0 spiro atoms. The van der Waals surface area contributed by atoms with Crippen LogP contribution >= 0.6 is 23.2 Å². The number of halogens is 2. The Morgan fingerprint density at radius 2 is 1.42 bits per heavy atom. The molecule has 0 bridgehead atoms. The molecule has 19 heavy (non-hydrogen) atoms. The Morgan fingerprint density at radius 3 is 1.84 bits per heavy atom. The first kappa shape index (κ1) is 15.5. The zero-order valence-corrected chi connectivity index (χ0v) is 12.0. The summed E-state index contributed by atoms with van der Waals surface area (Å²) in [7, 11) is 0. The molecule has 0 aliphatic carbocycles. The van der Waals surface area contributed by atoms with Crippen LogP contribution in [0.3, 0.4) is 0 Å². The third kappa shape index (κ3) is 5.77. The Labute approximate surface area is 122 Å². The van der Waals surface area contributed by atoms with Crippen LogP contribution in [0.15, 0.2) is 54.6 Å². The van der Waals surface area contributed by atoms with Crippen LogP contribution in [0.2, 0.25) is 10.0 Å². The van der Waals surface area contributed by atoms with E-state index in [1.54, 1.807) is 31.2 Å². The van der Waals surface area contributed by atoms with Gasteiger partial charge in [0.1, 0.15) is 0 Å². The van der Waals surface area contributed by atoms with Gasteiger partial charge in [-0.2, -0.15) is 0 Å². The lowest BCUT2D eigenvalue weighted by Crippen LogP contribution is -2.03. The zero-order chi connectivity index (χ0) is 14.1. The first-order chi connectivity index (χ1) is 9.15. The fourth-order valence-corrected chi connectivity index (χ4v) is 1.50. The molecule has 0 aliphatic heterocycles. The highest BCUT2D eigenvalue weighted by molar-refractivity contribution is 6.41. The lowest BCUT2D eigenvalue weighted by molar-refractivity contribution is 0.0526. The molecule has 4 heteroatoms. The van der Waals surface area contributed by atoms with Crippen LogP contribution in [0.4, 0.5) is 0 Å². The topological polar surface area (TPSA) is 26.3 Å². The van der Waals surface area contributed by atoms with E-state index in [0.29, 0.717) is 22.2 Å². The summed E-state index contributed by atoms with van der Waals surface area (Å²) >= 11 is 11.2. The van der Waals surface area contributed by atoms with Gasteiger partial charge in [-0.1, -0.05) is 53.5 Å². The monoisotopic (exact) mass is 296 g/mol. The Morgan fingerprint density at radius 1 is 0.947 bits per heavy atom. The summed E-state index contributed by atoms with van der Waals surface area (Å²) < 4.78 is 4.79. The van der Waals surface area contributed by atoms with Crippen molar-refractivity contribution in [1.82, 2.24) is 0 Å². The molecular weight excluding hydrogens is 283 g/mol. The van der Waals surface area contributed by atoms with E-state index in [0.717, 1.165) is 0 Å². The van der Waals surface area contributed by atoms with Crippen LogP contribution < -0.4 is 0 Å². The standard InChI is InChI=1S/C9H10O2.C6H4Cl2/c1-2-11-9(10)8-6-4-3-5-7-8;7-5-3-1-2-4-6(5)8/h3-7H,2H2,1H3;1-4H. The van der Waals surface area contributed by atoms with E-state index in [2.05, 4.69) is 0 Å². The highest BCUT2D eigenvalue weighted by Crippen LogP contribution is 2.19. The normalized spacial score (nSPS) is 9.21. The maximum Gasteiger partial charge on any atom is 0.338 e. The van der Waals surface area contributed by atoms with Gasteiger partial charge in [-0.25, -0.2) is 4.79 Å². The molecule has 0 radical (unpaired) electrons. The number of carbonyl (C=O) groups is 1. The lowest BCUT2D eigenvalue weighted by Gasteiger charge is -1.99. The summed E-state index contributed by atoms with van der Waals surface area (Å²) in [5, 5.41) is 1.21. The van der Waals surface area contributed by atoms with Crippen molar-refractivity contribution in [2.24, 2.45) is 0 Å². The molecule has 0 aliphatic rings. The average molecular weight is 297 g/mol. The molecule has 2 rings (SSSR count). The number of rotatable bonds is 2. The third-order valence-electron chi connectivity index (χ3n) is 2.11. The van der Waals surface area contributed by atoms with Gasteiger partial charge >= 0.3 is 5.97 Å². The molecule has 100 valence electrons. The van der Waals surface area contributed by atoms with Gasteiger partial charge in [0, 0.05) is 0 Å². The molecule has 0 saturated carbocycles. The van der Waals surface area contributed by atoms with Crippen molar-refractivity contribution in [3.63, 3.8) is 0 Å². The number of ether oxygens (including phenoxy) is 1. The molecular formula is C15H14Cl2O2. The molecule has 2 aromatic rings. The Hall–Kier alpha value is -1.51. The summed E-state index contributed by atoms with van der Waals surface area (Å²) in [6.07, 6.45) is 0. The zero-order valence-electron chi connectivity index (χ0n) is 10.5. The summed E-state index contributed by atoms with van der Waals surface area (Å²) in [4.78, 5) is 11.0. The lowest BCUT2D eigenvalue weighted by atomic mass is 10.2. The maximum atomic E-state index is 11.0. The molecule has 0 atom stereocenters. The summed E-state index contributed by atoms with van der Waals surface area (Å²) in [6, 6.07) is 16.1. The number of carbonyl (C=O) groups excluding carboxylic acids is 1. The van der Waals surface area contributed by atoms with Crippen LogP contribution in [0.25, 0.3) is 0 Å². The summed E-state index contributed by atoms with van der Waals surface area (Å²) in [5.41, 5.74) is 0.606. The molecule has 2 nitrogen and oxygen atoms in total. The summed E-state index contributed by atoms with van der Waals surface area (Å²) in [5.74, 6) is -0.256. The molecule has 0 amide bonds. The number of esters is 1. The van der Waals surface area contributed by atoms with Gasteiger partial charge in [0.2, 0.25) is 0 Å². The fourth-order valence-electron chi connectivity index (χ4n) is 1.23. The van der Waals surface area contributed by atoms with E-state index in [4.69, 9.17) is 27.9 Å². The first-order valence-electron chi connectivity index (χ1n) is 5.77. The average Bonchev–Trinajstić information content (AvgIpc) is 2.44. The van der Waals surface area contributed by atoms with Crippen molar-refractivity contribution in [3.05, 3.63) is 70.2 Å².